The molecule has 0 bridgehead atoms. The molecule has 0 spiro atoms. The summed E-state index contributed by atoms with van der Waals surface area (Å²) < 4.78 is 15.7. The summed E-state index contributed by atoms with van der Waals surface area (Å²) in [5, 5.41) is 11.3. The van der Waals surface area contributed by atoms with Gasteiger partial charge in [-0.15, -0.1) is 23.1 Å². The maximum Gasteiger partial charge on any atom is 0.341 e. The van der Waals surface area contributed by atoms with Gasteiger partial charge in [-0.05, 0) is 78.7 Å². The maximum absolute atomic E-state index is 13.6. The molecule has 276 valence electrons. The second kappa shape index (κ2) is 18.4. The van der Waals surface area contributed by atoms with Crippen LogP contribution in [-0.2, 0) is 14.3 Å². The molecular weight excluding hydrogens is 729 g/mol. The van der Waals surface area contributed by atoms with E-state index in [1.54, 1.807) is 104 Å². The molecule has 4 N–H and O–H groups in total. The van der Waals surface area contributed by atoms with Gasteiger partial charge in [0, 0.05) is 21.8 Å². The lowest BCUT2D eigenvalue weighted by atomic mass is 10.1. The van der Waals surface area contributed by atoms with Crippen molar-refractivity contribution in [1.82, 2.24) is 5.32 Å². The number of nitrogens with one attached hydrogen (secondary N) is 4. The Kier molecular flexibility index (Phi) is 13.2. The van der Waals surface area contributed by atoms with E-state index in [4.69, 9.17) is 14.2 Å². The molecule has 4 amide bonds. The lowest BCUT2D eigenvalue weighted by Crippen LogP contribution is -2.30. The second-order valence-electron chi connectivity index (χ2n) is 11.4. The molecule has 0 atom stereocenters. The van der Waals surface area contributed by atoms with Gasteiger partial charge in [0.1, 0.15) is 10.7 Å². The lowest BCUT2D eigenvalue weighted by Gasteiger charge is -2.13. The van der Waals surface area contributed by atoms with Crippen LogP contribution in [0, 0.1) is 6.92 Å². The number of carbonyl (C=O) groups is 5. The molecule has 0 fully saturated rings. The molecule has 5 rings (SSSR count). The van der Waals surface area contributed by atoms with Crippen LogP contribution in [0.2, 0.25) is 0 Å². The number of para-hydroxylation sites is 1. The second-order valence-corrected chi connectivity index (χ2v) is 13.5. The Balaban J connectivity index is 1.29. The van der Waals surface area contributed by atoms with Crippen molar-refractivity contribution in [2.24, 2.45) is 0 Å². The van der Waals surface area contributed by atoms with Crippen molar-refractivity contribution in [3.8, 4) is 11.5 Å². The molecule has 1 aromatic heterocycles. The van der Waals surface area contributed by atoms with Crippen molar-refractivity contribution >= 4 is 75.1 Å². The molecule has 1 heterocycles. The standard InChI is InChI=1S/C40H36N4O8S2/c1-24-34(40(49)52-4)39(54-35(24)38(48)41-27-14-9-6-10-15-27)44-33(45)23-53-29-17-11-16-28(22-29)42-37(47)30(43-36(46)26-12-7-5-8-13-26)20-25-18-19-31(50-2)32(21-25)51-3/h5-22H,23H2,1-4H3,(H,41,48)(H,42,47)(H,43,46)(H,44,45)/b30-20+. The lowest BCUT2D eigenvalue weighted by molar-refractivity contribution is -0.114. The van der Waals surface area contributed by atoms with Crippen LogP contribution in [0.15, 0.2) is 114 Å². The highest BCUT2D eigenvalue weighted by Crippen LogP contribution is 2.35. The van der Waals surface area contributed by atoms with Crippen LogP contribution in [0.3, 0.4) is 0 Å². The summed E-state index contributed by atoms with van der Waals surface area (Å²) in [5.74, 6) is -1.73. The summed E-state index contributed by atoms with van der Waals surface area (Å²) in [6, 6.07) is 29.3. The molecule has 0 unspecified atom stereocenters. The van der Waals surface area contributed by atoms with Gasteiger partial charge in [0.05, 0.1) is 37.5 Å². The van der Waals surface area contributed by atoms with Gasteiger partial charge in [0.2, 0.25) is 5.91 Å². The molecule has 0 saturated heterocycles. The molecule has 0 aliphatic heterocycles. The molecule has 5 aromatic rings. The van der Waals surface area contributed by atoms with Crippen LogP contribution in [0.4, 0.5) is 16.4 Å². The Morgan fingerprint density at radius 1 is 0.722 bits per heavy atom. The highest BCUT2D eigenvalue weighted by Gasteiger charge is 2.26. The Morgan fingerprint density at radius 3 is 2.09 bits per heavy atom. The zero-order valence-corrected chi connectivity index (χ0v) is 31.3. The predicted molar refractivity (Wildman–Crippen MR) is 211 cm³/mol. The van der Waals surface area contributed by atoms with Gasteiger partial charge < -0.3 is 35.5 Å². The first-order valence-corrected chi connectivity index (χ1v) is 18.1. The molecule has 54 heavy (non-hydrogen) atoms. The van der Waals surface area contributed by atoms with E-state index in [2.05, 4.69) is 21.3 Å². The Morgan fingerprint density at radius 2 is 1.41 bits per heavy atom. The van der Waals surface area contributed by atoms with E-state index < -0.39 is 29.6 Å². The monoisotopic (exact) mass is 764 g/mol. The van der Waals surface area contributed by atoms with E-state index >= 15 is 0 Å². The smallest absolute Gasteiger partial charge is 0.341 e. The van der Waals surface area contributed by atoms with Crippen molar-refractivity contribution in [1.29, 1.82) is 0 Å². The molecule has 0 aliphatic carbocycles. The molecule has 4 aromatic carbocycles. The van der Waals surface area contributed by atoms with Crippen molar-refractivity contribution in [2.75, 3.05) is 43.0 Å². The summed E-state index contributed by atoms with van der Waals surface area (Å²) >= 11 is 2.17. The average Bonchev–Trinajstić information content (AvgIpc) is 3.52. The first-order valence-electron chi connectivity index (χ1n) is 16.3. The minimum absolute atomic E-state index is 0.0297. The molecule has 0 aliphatic rings. The number of carbonyl (C=O) groups excluding carboxylic acids is 5. The number of hydrogen-bond acceptors (Lipinski definition) is 10. The van der Waals surface area contributed by atoms with Gasteiger partial charge in [0.15, 0.2) is 11.5 Å². The Bertz CT molecular complexity index is 2200. The van der Waals surface area contributed by atoms with E-state index in [9.17, 15) is 24.0 Å². The summed E-state index contributed by atoms with van der Waals surface area (Å²) in [6.45, 7) is 1.62. The highest BCUT2D eigenvalue weighted by molar-refractivity contribution is 8.00. The van der Waals surface area contributed by atoms with Crippen molar-refractivity contribution in [3.63, 3.8) is 0 Å². The van der Waals surface area contributed by atoms with Crippen LogP contribution in [-0.4, -0.2) is 56.7 Å². The minimum atomic E-state index is -0.687. The first-order chi connectivity index (χ1) is 26.1. The third kappa shape index (κ3) is 9.93. The topological polar surface area (TPSA) is 161 Å². The Hall–Kier alpha value is -6.38. The predicted octanol–water partition coefficient (Wildman–Crippen LogP) is 7.25. The van der Waals surface area contributed by atoms with E-state index in [-0.39, 0.29) is 26.9 Å². The van der Waals surface area contributed by atoms with Crippen molar-refractivity contribution in [3.05, 3.63) is 136 Å². The number of thiophene rings is 1. The normalized spacial score (nSPS) is 10.9. The van der Waals surface area contributed by atoms with Crippen LogP contribution in [0.1, 0.15) is 41.5 Å². The van der Waals surface area contributed by atoms with Gasteiger partial charge in [-0.1, -0.05) is 48.5 Å². The molecular formula is C40H36N4O8S2. The number of ether oxygens (including phenoxy) is 3. The van der Waals surface area contributed by atoms with E-state index in [1.807, 2.05) is 6.07 Å². The summed E-state index contributed by atoms with van der Waals surface area (Å²) in [7, 11) is 4.24. The van der Waals surface area contributed by atoms with Crippen LogP contribution in [0.5, 0.6) is 11.5 Å². The Labute approximate surface area is 319 Å². The van der Waals surface area contributed by atoms with Gasteiger partial charge >= 0.3 is 5.97 Å². The van der Waals surface area contributed by atoms with Gasteiger partial charge in [-0.25, -0.2) is 4.79 Å². The van der Waals surface area contributed by atoms with Crippen molar-refractivity contribution in [2.45, 2.75) is 11.8 Å². The largest absolute Gasteiger partial charge is 0.493 e. The van der Waals surface area contributed by atoms with Gasteiger partial charge in [-0.2, -0.15) is 0 Å². The zero-order valence-electron chi connectivity index (χ0n) is 29.7. The van der Waals surface area contributed by atoms with Gasteiger partial charge in [-0.3, -0.25) is 19.2 Å². The maximum atomic E-state index is 13.6. The molecule has 12 nitrogen and oxygen atoms in total. The summed E-state index contributed by atoms with van der Waals surface area (Å²) in [5.41, 5.74) is 2.38. The number of rotatable bonds is 14. The fraction of sp³-hybridized carbons (Fsp3) is 0.125. The minimum Gasteiger partial charge on any atom is -0.493 e. The number of thioether (sulfide) groups is 1. The van der Waals surface area contributed by atoms with E-state index in [0.717, 1.165) is 11.3 Å². The fourth-order valence-corrected chi connectivity index (χ4v) is 6.96. The van der Waals surface area contributed by atoms with Crippen LogP contribution >= 0.6 is 23.1 Å². The van der Waals surface area contributed by atoms with E-state index in [0.29, 0.717) is 44.5 Å². The van der Waals surface area contributed by atoms with E-state index in [1.165, 1.54) is 39.2 Å². The third-order valence-electron chi connectivity index (χ3n) is 7.74. The molecule has 0 saturated carbocycles. The first kappa shape index (κ1) is 38.8. The highest BCUT2D eigenvalue weighted by atomic mass is 32.2. The SMILES string of the molecule is COC(=O)c1c(NC(=O)CSc2cccc(NC(=O)/C(=C\c3ccc(OC)c(OC)c3)NC(=O)c3ccccc3)c2)sc(C(=O)Nc2ccccc2)c1C. The molecule has 14 heteroatoms. The number of esters is 1. The summed E-state index contributed by atoms with van der Waals surface area (Å²) in [6.07, 6.45) is 1.52. The van der Waals surface area contributed by atoms with Crippen LogP contribution < -0.4 is 30.7 Å². The third-order valence-corrected chi connectivity index (χ3v) is 9.94. The number of methoxy groups -OCH3 is 3. The van der Waals surface area contributed by atoms with Gasteiger partial charge in [0.25, 0.3) is 17.7 Å². The van der Waals surface area contributed by atoms with Crippen LogP contribution in [0.25, 0.3) is 6.08 Å². The quantitative estimate of drug-likeness (QED) is 0.0519. The number of hydrogen-bond donors (Lipinski definition) is 4. The van der Waals surface area contributed by atoms with Crippen molar-refractivity contribution < 1.29 is 38.2 Å². The zero-order chi connectivity index (χ0) is 38.6. The number of anilines is 3. The molecule has 0 radical (unpaired) electrons. The number of benzene rings is 4. The summed E-state index contributed by atoms with van der Waals surface area (Å²) in [4.78, 5) is 66.6. The fourth-order valence-electron chi connectivity index (χ4n) is 5.10. The number of amides is 4. The average molecular weight is 765 g/mol.